The second-order valence-electron chi connectivity index (χ2n) is 10.2. The Morgan fingerprint density at radius 2 is 1.79 bits per heavy atom. The summed E-state index contributed by atoms with van der Waals surface area (Å²) >= 11 is 0. The van der Waals surface area contributed by atoms with Crippen LogP contribution in [0.4, 0.5) is 17.3 Å². The number of pyridine rings is 1. The Kier molecular flexibility index (Phi) is 9.48. The molecule has 10 nitrogen and oxygen atoms in total. The fourth-order valence-corrected chi connectivity index (χ4v) is 4.77. The first-order valence-corrected chi connectivity index (χ1v) is 14.0. The van der Waals surface area contributed by atoms with Crippen LogP contribution >= 0.6 is 0 Å². The number of aromatic nitrogens is 3. The molecule has 1 aliphatic heterocycles. The number of rotatable bonds is 10. The number of methoxy groups -OCH3 is 1. The summed E-state index contributed by atoms with van der Waals surface area (Å²) in [5.74, 6) is 0.415. The molecule has 4 aromatic rings. The second kappa shape index (κ2) is 13.8. The SMILES string of the molecule is COCCC(=O)N1CCN(Cc2ccc(C(=O)Nc3ccc(C)c(Nc4nccc(-c5cccnc5)n4)c3)cc2)CC1. The lowest BCUT2D eigenvalue weighted by Gasteiger charge is -2.34. The maximum Gasteiger partial charge on any atom is 0.255 e. The summed E-state index contributed by atoms with van der Waals surface area (Å²) in [6.45, 7) is 6.30. The van der Waals surface area contributed by atoms with E-state index >= 15 is 0 Å². The average molecular weight is 566 g/mol. The normalized spacial score (nSPS) is 13.5. The fourth-order valence-electron chi connectivity index (χ4n) is 4.77. The number of nitrogens with zero attached hydrogens (tertiary/aromatic N) is 5. The van der Waals surface area contributed by atoms with E-state index in [9.17, 15) is 9.59 Å². The number of hydrogen-bond donors (Lipinski definition) is 2. The van der Waals surface area contributed by atoms with Gasteiger partial charge in [0.25, 0.3) is 5.91 Å². The van der Waals surface area contributed by atoms with E-state index in [1.54, 1.807) is 25.7 Å². The molecule has 0 radical (unpaired) electrons. The highest BCUT2D eigenvalue weighted by atomic mass is 16.5. The maximum atomic E-state index is 13.0. The predicted octanol–water partition coefficient (Wildman–Crippen LogP) is 4.52. The van der Waals surface area contributed by atoms with Crippen LogP contribution in [-0.4, -0.2) is 76.5 Å². The number of hydrogen-bond acceptors (Lipinski definition) is 8. The minimum Gasteiger partial charge on any atom is -0.384 e. The Bertz CT molecular complexity index is 1500. The van der Waals surface area contributed by atoms with Crippen LogP contribution in [0.25, 0.3) is 11.3 Å². The molecule has 0 bridgehead atoms. The molecule has 0 aliphatic carbocycles. The number of anilines is 3. The van der Waals surface area contributed by atoms with Crippen molar-refractivity contribution in [2.24, 2.45) is 0 Å². The third-order valence-corrected chi connectivity index (χ3v) is 7.22. The summed E-state index contributed by atoms with van der Waals surface area (Å²) in [7, 11) is 1.61. The van der Waals surface area contributed by atoms with Crippen molar-refractivity contribution in [2.75, 3.05) is 50.5 Å². The van der Waals surface area contributed by atoms with E-state index in [0.717, 1.165) is 60.8 Å². The van der Waals surface area contributed by atoms with E-state index in [2.05, 4.69) is 30.5 Å². The molecule has 216 valence electrons. The molecule has 0 spiro atoms. The molecule has 0 atom stereocenters. The van der Waals surface area contributed by atoms with Crippen molar-refractivity contribution in [1.29, 1.82) is 0 Å². The van der Waals surface area contributed by atoms with E-state index in [1.807, 2.05) is 72.5 Å². The lowest BCUT2D eigenvalue weighted by atomic mass is 10.1. The zero-order valence-electron chi connectivity index (χ0n) is 23.9. The van der Waals surface area contributed by atoms with Crippen molar-refractivity contribution in [3.05, 3.63) is 95.9 Å². The first-order chi connectivity index (χ1) is 20.5. The van der Waals surface area contributed by atoms with E-state index < -0.39 is 0 Å². The van der Waals surface area contributed by atoms with Gasteiger partial charge < -0.3 is 20.3 Å². The number of carbonyl (C=O) groups excluding carboxylic acids is 2. The Hall–Kier alpha value is -4.67. The summed E-state index contributed by atoms with van der Waals surface area (Å²) in [6.07, 6.45) is 5.61. The van der Waals surface area contributed by atoms with Crippen LogP contribution < -0.4 is 10.6 Å². The van der Waals surface area contributed by atoms with Gasteiger partial charge in [0.1, 0.15) is 0 Å². The molecular formula is C32H35N7O3. The van der Waals surface area contributed by atoms with E-state index in [0.29, 0.717) is 30.2 Å². The first kappa shape index (κ1) is 28.8. The summed E-state index contributed by atoms with van der Waals surface area (Å²) < 4.78 is 5.02. The zero-order chi connectivity index (χ0) is 29.3. The third-order valence-electron chi connectivity index (χ3n) is 7.22. The molecule has 2 aromatic carbocycles. The molecule has 10 heteroatoms. The van der Waals surface area contributed by atoms with Gasteiger partial charge in [0.15, 0.2) is 0 Å². The number of ether oxygens (including phenoxy) is 1. The average Bonchev–Trinajstić information content (AvgIpc) is 3.03. The standard InChI is InChI=1S/C32H35N7O3/c1-23-5-10-27(20-29(23)37-32-34-14-11-28(36-32)26-4-3-13-33-21-26)35-31(41)25-8-6-24(7-9-25)22-38-15-17-39(18-16-38)30(40)12-19-42-2/h3-11,13-14,20-21H,12,15-19,22H2,1-2H3,(H,35,41)(H,34,36,37). The van der Waals surface area contributed by atoms with Gasteiger partial charge in [-0.3, -0.25) is 19.5 Å². The highest BCUT2D eigenvalue weighted by Crippen LogP contribution is 2.25. The van der Waals surface area contributed by atoms with Gasteiger partial charge in [-0.15, -0.1) is 0 Å². The smallest absolute Gasteiger partial charge is 0.255 e. The summed E-state index contributed by atoms with van der Waals surface area (Å²) in [5, 5.41) is 6.27. The van der Waals surface area contributed by atoms with Crippen molar-refractivity contribution < 1.29 is 14.3 Å². The second-order valence-corrected chi connectivity index (χ2v) is 10.2. The molecule has 0 unspecified atom stereocenters. The highest BCUT2D eigenvalue weighted by molar-refractivity contribution is 6.04. The van der Waals surface area contributed by atoms with E-state index in [4.69, 9.17) is 4.74 Å². The molecule has 2 amide bonds. The Morgan fingerprint density at radius 3 is 2.52 bits per heavy atom. The topological polar surface area (TPSA) is 113 Å². The van der Waals surface area contributed by atoms with Crippen molar-refractivity contribution >= 4 is 29.1 Å². The number of amides is 2. The minimum absolute atomic E-state index is 0.145. The molecule has 1 aliphatic rings. The quantitative estimate of drug-likeness (QED) is 0.289. The number of carbonyl (C=O) groups is 2. The monoisotopic (exact) mass is 565 g/mol. The van der Waals surface area contributed by atoms with Crippen LogP contribution in [-0.2, 0) is 16.1 Å². The molecule has 2 N–H and O–H groups in total. The van der Waals surface area contributed by atoms with Gasteiger partial charge in [-0.05, 0) is 60.5 Å². The van der Waals surface area contributed by atoms with Crippen molar-refractivity contribution in [1.82, 2.24) is 24.8 Å². The summed E-state index contributed by atoms with van der Waals surface area (Å²) in [6, 6.07) is 19.0. The molecule has 42 heavy (non-hydrogen) atoms. The van der Waals surface area contributed by atoms with Crippen LogP contribution in [0.1, 0.15) is 27.9 Å². The first-order valence-electron chi connectivity index (χ1n) is 14.0. The predicted molar refractivity (Wildman–Crippen MR) is 162 cm³/mol. The number of benzene rings is 2. The lowest BCUT2D eigenvalue weighted by Crippen LogP contribution is -2.48. The molecular weight excluding hydrogens is 530 g/mol. The van der Waals surface area contributed by atoms with Gasteiger partial charge in [0.2, 0.25) is 11.9 Å². The van der Waals surface area contributed by atoms with E-state index in [1.165, 1.54) is 0 Å². The van der Waals surface area contributed by atoms with Crippen molar-refractivity contribution in [3.8, 4) is 11.3 Å². The minimum atomic E-state index is -0.186. The molecule has 3 heterocycles. The number of aryl methyl sites for hydroxylation is 1. The van der Waals surface area contributed by atoms with Gasteiger partial charge in [-0.2, -0.15) is 0 Å². The van der Waals surface area contributed by atoms with Gasteiger partial charge in [0, 0.05) is 80.9 Å². The largest absolute Gasteiger partial charge is 0.384 e. The third kappa shape index (κ3) is 7.54. The van der Waals surface area contributed by atoms with Gasteiger partial charge in [-0.25, -0.2) is 9.97 Å². The Balaban J connectivity index is 1.16. The molecule has 2 aromatic heterocycles. The zero-order valence-corrected chi connectivity index (χ0v) is 23.9. The number of piperazine rings is 1. The molecule has 0 saturated carbocycles. The molecule has 1 saturated heterocycles. The van der Waals surface area contributed by atoms with Gasteiger partial charge in [0.05, 0.1) is 18.7 Å². The highest BCUT2D eigenvalue weighted by Gasteiger charge is 2.21. The summed E-state index contributed by atoms with van der Waals surface area (Å²) in [5.41, 5.74) is 5.83. The van der Waals surface area contributed by atoms with Gasteiger partial charge in [-0.1, -0.05) is 18.2 Å². The number of nitrogens with one attached hydrogen (secondary N) is 2. The molecule has 1 fully saturated rings. The molecule has 5 rings (SSSR count). The Morgan fingerprint density at radius 1 is 0.976 bits per heavy atom. The lowest BCUT2D eigenvalue weighted by molar-refractivity contribution is -0.133. The van der Waals surface area contributed by atoms with E-state index in [-0.39, 0.29) is 11.8 Å². The maximum absolute atomic E-state index is 13.0. The van der Waals surface area contributed by atoms with Gasteiger partial charge >= 0.3 is 0 Å². The van der Waals surface area contributed by atoms with Crippen molar-refractivity contribution in [3.63, 3.8) is 0 Å². The Labute approximate surface area is 245 Å². The van der Waals surface area contributed by atoms with Crippen LogP contribution in [0.5, 0.6) is 0 Å². The van der Waals surface area contributed by atoms with Crippen LogP contribution in [0, 0.1) is 6.92 Å². The van der Waals surface area contributed by atoms with Crippen LogP contribution in [0.2, 0.25) is 0 Å². The summed E-state index contributed by atoms with van der Waals surface area (Å²) in [4.78, 5) is 42.6. The van der Waals surface area contributed by atoms with Crippen molar-refractivity contribution in [2.45, 2.75) is 19.9 Å². The van der Waals surface area contributed by atoms with Crippen LogP contribution in [0.15, 0.2) is 79.3 Å². The van der Waals surface area contributed by atoms with Crippen LogP contribution in [0.3, 0.4) is 0 Å². The fraction of sp³-hybridized carbons (Fsp3) is 0.281.